The molecular weight excluding hydrogens is 307 g/mol. The molecular formula is C13H11Cl2F2N3. The second-order valence-corrected chi connectivity index (χ2v) is 4.80. The molecule has 1 aromatic carbocycles. The van der Waals surface area contributed by atoms with E-state index in [1.807, 2.05) is 0 Å². The fourth-order valence-corrected chi connectivity index (χ4v) is 2.13. The molecule has 2 aromatic rings. The Hall–Kier alpha value is -1.59. The highest BCUT2D eigenvalue weighted by atomic mass is 35.5. The first-order valence-corrected chi connectivity index (χ1v) is 6.48. The molecule has 0 aliphatic heterocycles. The van der Waals surface area contributed by atoms with Crippen LogP contribution in [0.25, 0.3) is 0 Å². The minimum Gasteiger partial charge on any atom is -0.372 e. The van der Waals surface area contributed by atoms with Crippen molar-refractivity contribution in [3.05, 3.63) is 51.5 Å². The summed E-state index contributed by atoms with van der Waals surface area (Å²) in [5.74, 6) is -0.426. The Labute approximate surface area is 124 Å². The molecule has 0 spiro atoms. The molecule has 3 nitrogen and oxygen atoms in total. The van der Waals surface area contributed by atoms with E-state index in [1.54, 1.807) is 7.05 Å². The van der Waals surface area contributed by atoms with Crippen LogP contribution >= 0.6 is 23.2 Å². The van der Waals surface area contributed by atoms with Gasteiger partial charge in [-0.3, -0.25) is 0 Å². The van der Waals surface area contributed by atoms with Gasteiger partial charge < -0.3 is 10.6 Å². The van der Waals surface area contributed by atoms with Gasteiger partial charge in [0.15, 0.2) is 0 Å². The Morgan fingerprint density at radius 2 is 1.80 bits per heavy atom. The van der Waals surface area contributed by atoms with Gasteiger partial charge in [0.1, 0.15) is 23.3 Å². The van der Waals surface area contributed by atoms with Crippen LogP contribution in [0.3, 0.4) is 0 Å². The fourth-order valence-electron chi connectivity index (χ4n) is 1.61. The second-order valence-electron chi connectivity index (χ2n) is 3.99. The minimum atomic E-state index is -0.628. The molecule has 0 bridgehead atoms. The van der Waals surface area contributed by atoms with Gasteiger partial charge in [-0.15, -0.1) is 0 Å². The zero-order chi connectivity index (χ0) is 14.7. The third kappa shape index (κ3) is 3.29. The number of aromatic nitrogens is 1. The van der Waals surface area contributed by atoms with Gasteiger partial charge in [-0.1, -0.05) is 29.3 Å². The van der Waals surface area contributed by atoms with Crippen LogP contribution in [0, 0.1) is 11.6 Å². The third-order valence-electron chi connectivity index (χ3n) is 2.63. The highest BCUT2D eigenvalue weighted by Crippen LogP contribution is 2.29. The van der Waals surface area contributed by atoms with Gasteiger partial charge >= 0.3 is 0 Å². The van der Waals surface area contributed by atoms with Gasteiger partial charge in [0, 0.05) is 25.2 Å². The first-order valence-electron chi connectivity index (χ1n) is 5.73. The molecule has 1 heterocycles. The Bertz CT molecular complexity index is 635. The fraction of sp³-hybridized carbons (Fsp3) is 0.154. The number of pyridine rings is 1. The van der Waals surface area contributed by atoms with Crippen LogP contribution in [0.5, 0.6) is 0 Å². The number of halogens is 4. The van der Waals surface area contributed by atoms with Crippen molar-refractivity contribution < 1.29 is 8.78 Å². The lowest BCUT2D eigenvalue weighted by Gasteiger charge is -2.11. The minimum absolute atomic E-state index is 0.129. The maximum absolute atomic E-state index is 13.5. The van der Waals surface area contributed by atoms with E-state index >= 15 is 0 Å². The molecule has 0 atom stereocenters. The smallest absolute Gasteiger partial charge is 0.147 e. The normalized spacial score (nSPS) is 10.4. The molecule has 7 heteroatoms. The molecule has 0 saturated heterocycles. The number of rotatable bonds is 4. The number of hydrogen-bond donors (Lipinski definition) is 2. The lowest BCUT2D eigenvalue weighted by Crippen LogP contribution is -2.06. The van der Waals surface area contributed by atoms with Gasteiger partial charge in [0.2, 0.25) is 0 Å². The Morgan fingerprint density at radius 3 is 2.45 bits per heavy atom. The predicted octanol–water partition coefficient (Wildman–Crippen LogP) is 4.32. The van der Waals surface area contributed by atoms with Crippen molar-refractivity contribution in [2.75, 3.05) is 17.7 Å². The summed E-state index contributed by atoms with van der Waals surface area (Å²) in [6.45, 7) is 0.129. The molecule has 1 aromatic heterocycles. The van der Waals surface area contributed by atoms with Gasteiger partial charge in [-0.25, -0.2) is 13.8 Å². The summed E-state index contributed by atoms with van der Waals surface area (Å²) in [5.41, 5.74) is 0.310. The lowest BCUT2D eigenvalue weighted by molar-refractivity contribution is 0.574. The second kappa shape index (κ2) is 6.24. The van der Waals surface area contributed by atoms with Crippen molar-refractivity contribution >= 4 is 34.8 Å². The van der Waals surface area contributed by atoms with E-state index in [-0.39, 0.29) is 6.54 Å². The quantitative estimate of drug-likeness (QED) is 0.881. The summed E-state index contributed by atoms with van der Waals surface area (Å²) in [4.78, 5) is 4.17. The predicted molar refractivity (Wildman–Crippen MR) is 77.5 cm³/mol. The topological polar surface area (TPSA) is 37.0 Å². The summed E-state index contributed by atoms with van der Waals surface area (Å²) < 4.78 is 26.3. The Morgan fingerprint density at radius 1 is 1.10 bits per heavy atom. The summed E-state index contributed by atoms with van der Waals surface area (Å²) in [6.07, 6.45) is 0. The average Bonchev–Trinajstić information content (AvgIpc) is 2.39. The molecule has 0 fully saturated rings. The first kappa shape index (κ1) is 14.8. The van der Waals surface area contributed by atoms with Crippen LogP contribution in [-0.2, 0) is 6.54 Å². The van der Waals surface area contributed by atoms with E-state index in [9.17, 15) is 8.78 Å². The van der Waals surface area contributed by atoms with Crippen molar-refractivity contribution in [3.8, 4) is 0 Å². The van der Waals surface area contributed by atoms with Crippen LogP contribution < -0.4 is 10.6 Å². The van der Waals surface area contributed by atoms with Crippen LogP contribution in [0.1, 0.15) is 5.56 Å². The monoisotopic (exact) mass is 317 g/mol. The largest absolute Gasteiger partial charge is 0.372 e. The molecule has 2 rings (SSSR count). The maximum atomic E-state index is 13.5. The standard InChI is InChI=1S/C13H11Cl2F2N3/c1-18-12-9(14)5-10(15)13(20-12)19-6-7-2-3-8(16)4-11(7)17/h2-5H,6H2,1H3,(H2,18,19,20). The number of benzene rings is 1. The number of nitrogens with one attached hydrogen (secondary N) is 2. The zero-order valence-electron chi connectivity index (χ0n) is 10.5. The molecule has 0 aliphatic carbocycles. The van der Waals surface area contributed by atoms with E-state index in [4.69, 9.17) is 23.2 Å². The molecule has 0 aliphatic rings. The van der Waals surface area contributed by atoms with E-state index in [0.717, 1.165) is 6.07 Å². The molecule has 20 heavy (non-hydrogen) atoms. The van der Waals surface area contributed by atoms with E-state index in [0.29, 0.717) is 27.2 Å². The van der Waals surface area contributed by atoms with Gasteiger partial charge in [0.05, 0.1) is 10.0 Å². The Balaban J connectivity index is 2.18. The van der Waals surface area contributed by atoms with Crippen molar-refractivity contribution in [1.82, 2.24) is 4.98 Å². The third-order valence-corrected chi connectivity index (χ3v) is 3.20. The van der Waals surface area contributed by atoms with Crippen molar-refractivity contribution in [1.29, 1.82) is 0 Å². The highest BCUT2D eigenvalue weighted by molar-refractivity contribution is 6.37. The van der Waals surface area contributed by atoms with Gasteiger partial charge in [-0.2, -0.15) is 0 Å². The molecule has 0 radical (unpaired) electrons. The van der Waals surface area contributed by atoms with E-state index in [2.05, 4.69) is 15.6 Å². The molecule has 2 N–H and O–H groups in total. The van der Waals surface area contributed by atoms with E-state index in [1.165, 1.54) is 18.2 Å². The summed E-state index contributed by atoms with van der Waals surface area (Å²) in [5, 5.41) is 6.40. The number of anilines is 2. The Kier molecular flexibility index (Phi) is 4.62. The van der Waals surface area contributed by atoms with Gasteiger partial charge in [-0.05, 0) is 12.1 Å². The average molecular weight is 318 g/mol. The van der Waals surface area contributed by atoms with E-state index < -0.39 is 11.6 Å². The van der Waals surface area contributed by atoms with Crippen molar-refractivity contribution in [2.45, 2.75) is 6.54 Å². The summed E-state index contributed by atoms with van der Waals surface area (Å²) >= 11 is 11.9. The number of nitrogens with zero attached hydrogens (tertiary/aromatic N) is 1. The molecule has 0 amide bonds. The molecule has 106 valence electrons. The first-order chi connectivity index (χ1) is 9.51. The number of hydrogen-bond acceptors (Lipinski definition) is 3. The van der Waals surface area contributed by atoms with Crippen LogP contribution in [-0.4, -0.2) is 12.0 Å². The van der Waals surface area contributed by atoms with Crippen LogP contribution in [0.15, 0.2) is 24.3 Å². The SMILES string of the molecule is CNc1nc(NCc2ccc(F)cc2F)c(Cl)cc1Cl. The maximum Gasteiger partial charge on any atom is 0.147 e. The van der Waals surface area contributed by atoms with Gasteiger partial charge in [0.25, 0.3) is 0 Å². The zero-order valence-corrected chi connectivity index (χ0v) is 12.0. The lowest BCUT2D eigenvalue weighted by atomic mass is 10.2. The highest BCUT2D eigenvalue weighted by Gasteiger charge is 2.09. The summed E-state index contributed by atoms with van der Waals surface area (Å²) in [7, 11) is 1.67. The van der Waals surface area contributed by atoms with Crippen LogP contribution in [0.2, 0.25) is 10.0 Å². The van der Waals surface area contributed by atoms with Crippen LogP contribution in [0.4, 0.5) is 20.4 Å². The molecule has 0 saturated carbocycles. The van der Waals surface area contributed by atoms with Crippen molar-refractivity contribution in [2.24, 2.45) is 0 Å². The summed E-state index contributed by atoms with van der Waals surface area (Å²) in [6, 6.07) is 4.91. The molecule has 0 unspecified atom stereocenters. The van der Waals surface area contributed by atoms with Crippen molar-refractivity contribution in [3.63, 3.8) is 0 Å².